The second-order valence-electron chi connectivity index (χ2n) is 2.69. The van der Waals surface area contributed by atoms with Crippen LogP contribution in [0.4, 0.5) is 0 Å². The van der Waals surface area contributed by atoms with E-state index in [0.717, 1.165) is 19.3 Å². The van der Waals surface area contributed by atoms with Crippen molar-refractivity contribution in [1.82, 2.24) is 0 Å². The lowest BCUT2D eigenvalue weighted by Gasteiger charge is -1.85. The first kappa shape index (κ1) is 11.7. The van der Waals surface area contributed by atoms with E-state index in [1.54, 1.807) is 0 Å². The van der Waals surface area contributed by atoms with Crippen molar-refractivity contribution in [3.8, 4) is 6.07 Å². The van der Waals surface area contributed by atoms with Crippen LogP contribution in [0.2, 0.25) is 0 Å². The number of unbranched alkanes of at least 4 members (excludes halogenated alkanes) is 1. The van der Waals surface area contributed by atoms with Crippen LogP contribution in [0, 0.1) is 11.3 Å². The third-order valence-electron chi connectivity index (χ3n) is 1.55. The Bertz CT molecular complexity index is 216. The molecule has 0 aliphatic rings. The summed E-state index contributed by atoms with van der Waals surface area (Å²) in [6, 6.07) is 2.07. The molecule has 0 aliphatic heterocycles. The fourth-order valence-corrected chi connectivity index (χ4v) is 0.884. The predicted octanol–water partition coefficient (Wildman–Crippen LogP) is 3.76. The Balaban J connectivity index is 3.27. The summed E-state index contributed by atoms with van der Waals surface area (Å²) in [5, 5.41) is 8.24. The van der Waals surface area contributed by atoms with Crippen LogP contribution in [0.15, 0.2) is 36.5 Å². The molecule has 0 aliphatic carbocycles. The van der Waals surface area contributed by atoms with Crippen molar-refractivity contribution in [2.24, 2.45) is 0 Å². The van der Waals surface area contributed by atoms with Crippen LogP contribution in [-0.4, -0.2) is 0 Å². The molecule has 0 amide bonds. The fourth-order valence-electron chi connectivity index (χ4n) is 0.884. The molecule has 0 aromatic carbocycles. The number of allylic oxidation sites excluding steroid dienone is 6. The highest BCUT2D eigenvalue weighted by molar-refractivity contribution is 4.96. The number of rotatable bonds is 6. The van der Waals surface area contributed by atoms with E-state index < -0.39 is 0 Å². The van der Waals surface area contributed by atoms with Gasteiger partial charge in [0.1, 0.15) is 0 Å². The highest BCUT2D eigenvalue weighted by atomic mass is 14.2. The van der Waals surface area contributed by atoms with Gasteiger partial charge in [-0.15, -0.1) is 0 Å². The lowest BCUT2D eigenvalue weighted by Crippen LogP contribution is -1.64. The Morgan fingerprint density at radius 3 is 2.38 bits per heavy atom. The molecule has 1 nitrogen and oxygen atoms in total. The van der Waals surface area contributed by atoms with Crippen molar-refractivity contribution in [3.05, 3.63) is 36.5 Å². The van der Waals surface area contributed by atoms with Crippen molar-refractivity contribution in [2.75, 3.05) is 0 Å². The Hall–Kier alpha value is -1.29. The van der Waals surface area contributed by atoms with E-state index in [1.165, 1.54) is 0 Å². The molecule has 0 spiro atoms. The van der Waals surface area contributed by atoms with Crippen molar-refractivity contribution in [2.45, 2.75) is 32.6 Å². The molecule has 70 valence electrons. The summed E-state index contributed by atoms with van der Waals surface area (Å²) in [6.07, 6.45) is 16.2. The van der Waals surface area contributed by atoms with E-state index in [0.29, 0.717) is 6.42 Å². The maximum atomic E-state index is 8.24. The fraction of sp³-hybridized carbons (Fsp3) is 0.417. The van der Waals surface area contributed by atoms with Gasteiger partial charge in [-0.1, -0.05) is 36.5 Å². The zero-order chi connectivity index (χ0) is 9.78. The van der Waals surface area contributed by atoms with Crippen molar-refractivity contribution in [3.63, 3.8) is 0 Å². The van der Waals surface area contributed by atoms with Gasteiger partial charge < -0.3 is 0 Å². The quantitative estimate of drug-likeness (QED) is 0.445. The van der Waals surface area contributed by atoms with Gasteiger partial charge in [-0.2, -0.15) is 5.26 Å². The van der Waals surface area contributed by atoms with E-state index >= 15 is 0 Å². The minimum atomic E-state index is 0.520. The van der Waals surface area contributed by atoms with E-state index in [2.05, 4.69) is 30.4 Å². The summed E-state index contributed by atoms with van der Waals surface area (Å²) in [6.45, 7) is 2.04. The zero-order valence-electron chi connectivity index (χ0n) is 8.24. The topological polar surface area (TPSA) is 23.8 Å². The van der Waals surface area contributed by atoms with Crippen LogP contribution < -0.4 is 0 Å². The number of hydrogen-bond donors (Lipinski definition) is 0. The molecule has 0 heterocycles. The van der Waals surface area contributed by atoms with Crippen LogP contribution in [-0.2, 0) is 0 Å². The van der Waals surface area contributed by atoms with Crippen LogP contribution in [0.5, 0.6) is 0 Å². The first-order valence-corrected chi connectivity index (χ1v) is 4.70. The Morgan fingerprint density at radius 1 is 1.00 bits per heavy atom. The number of nitrogens with zero attached hydrogens (tertiary/aromatic N) is 1. The molecule has 0 bridgehead atoms. The summed E-state index contributed by atoms with van der Waals surface area (Å²) in [7, 11) is 0. The van der Waals surface area contributed by atoms with E-state index in [-0.39, 0.29) is 0 Å². The van der Waals surface area contributed by atoms with Gasteiger partial charge in [0.25, 0.3) is 0 Å². The van der Waals surface area contributed by atoms with Gasteiger partial charge >= 0.3 is 0 Å². The van der Waals surface area contributed by atoms with Crippen LogP contribution in [0.3, 0.4) is 0 Å². The molecule has 13 heavy (non-hydrogen) atoms. The maximum Gasteiger partial charge on any atom is 0.0663 e. The molecule has 0 radical (unpaired) electrons. The normalized spacial score (nSPS) is 11.7. The lowest BCUT2D eigenvalue weighted by molar-refractivity contribution is 1.04. The second-order valence-corrected chi connectivity index (χ2v) is 2.69. The van der Waals surface area contributed by atoms with E-state index in [4.69, 9.17) is 5.26 Å². The minimum absolute atomic E-state index is 0.520. The zero-order valence-corrected chi connectivity index (χ0v) is 8.24. The van der Waals surface area contributed by atoms with Crippen molar-refractivity contribution in [1.29, 1.82) is 5.26 Å². The molecule has 0 aromatic rings. The molecular weight excluding hydrogens is 158 g/mol. The summed E-state index contributed by atoms with van der Waals surface area (Å²) < 4.78 is 0. The molecule has 0 fully saturated rings. The SMILES string of the molecule is C/C=C/CC/C=C/C/C=C/CC#N. The first-order chi connectivity index (χ1) is 6.41. The Morgan fingerprint density at radius 2 is 1.69 bits per heavy atom. The van der Waals surface area contributed by atoms with Gasteiger partial charge in [-0.05, 0) is 26.2 Å². The summed E-state index contributed by atoms with van der Waals surface area (Å²) >= 11 is 0. The molecular formula is C12H17N. The highest BCUT2D eigenvalue weighted by Gasteiger charge is 1.75. The Labute approximate surface area is 81.1 Å². The number of nitriles is 1. The van der Waals surface area contributed by atoms with Crippen molar-refractivity contribution < 1.29 is 0 Å². The average Bonchev–Trinajstić information content (AvgIpc) is 2.16. The molecule has 0 saturated heterocycles. The molecule has 0 aromatic heterocycles. The molecule has 0 atom stereocenters. The molecule has 0 saturated carbocycles. The highest BCUT2D eigenvalue weighted by Crippen LogP contribution is 1.95. The van der Waals surface area contributed by atoms with Gasteiger partial charge in [0, 0.05) is 0 Å². The predicted molar refractivity (Wildman–Crippen MR) is 57.2 cm³/mol. The smallest absolute Gasteiger partial charge is 0.0663 e. The van der Waals surface area contributed by atoms with Gasteiger partial charge in [0.05, 0.1) is 12.5 Å². The van der Waals surface area contributed by atoms with Gasteiger partial charge in [0.15, 0.2) is 0 Å². The third-order valence-corrected chi connectivity index (χ3v) is 1.55. The summed E-state index contributed by atoms with van der Waals surface area (Å²) in [5.41, 5.74) is 0. The van der Waals surface area contributed by atoms with Crippen LogP contribution in [0.1, 0.15) is 32.6 Å². The monoisotopic (exact) mass is 175 g/mol. The van der Waals surface area contributed by atoms with Gasteiger partial charge in [-0.25, -0.2) is 0 Å². The molecule has 0 rings (SSSR count). The van der Waals surface area contributed by atoms with Gasteiger partial charge in [-0.3, -0.25) is 0 Å². The first-order valence-electron chi connectivity index (χ1n) is 4.70. The number of hydrogen-bond acceptors (Lipinski definition) is 1. The molecule has 0 unspecified atom stereocenters. The minimum Gasteiger partial charge on any atom is -0.198 e. The maximum absolute atomic E-state index is 8.24. The molecule has 0 N–H and O–H groups in total. The molecule has 1 heteroatoms. The third kappa shape index (κ3) is 10.7. The average molecular weight is 175 g/mol. The van der Waals surface area contributed by atoms with Gasteiger partial charge in [0.2, 0.25) is 0 Å². The van der Waals surface area contributed by atoms with Crippen LogP contribution >= 0.6 is 0 Å². The summed E-state index contributed by atoms with van der Waals surface area (Å²) in [4.78, 5) is 0. The summed E-state index contributed by atoms with van der Waals surface area (Å²) in [5.74, 6) is 0. The van der Waals surface area contributed by atoms with E-state index in [1.807, 2.05) is 19.1 Å². The van der Waals surface area contributed by atoms with Crippen LogP contribution in [0.25, 0.3) is 0 Å². The second kappa shape index (κ2) is 10.7. The van der Waals surface area contributed by atoms with Crippen molar-refractivity contribution >= 4 is 0 Å². The standard InChI is InChI=1S/C12H17N/c1-2-3-4-5-6-7-8-9-10-11-12-13/h2-3,6-7,9-10H,4-5,8,11H2,1H3/b3-2+,7-6+,10-9+. The Kier molecular flexibility index (Phi) is 9.65. The largest absolute Gasteiger partial charge is 0.198 e. The van der Waals surface area contributed by atoms with E-state index in [9.17, 15) is 0 Å². The lowest BCUT2D eigenvalue weighted by atomic mass is 10.2.